The Morgan fingerprint density at radius 3 is 2.71 bits per heavy atom. The second-order valence-corrected chi connectivity index (χ2v) is 3.50. The molecular formula is C8H13FO5. The number of alkyl halides is 1. The monoisotopic (exact) mass is 208 g/mol. The third kappa shape index (κ3) is 1.64. The van der Waals surface area contributed by atoms with Gasteiger partial charge in [-0.3, -0.25) is 0 Å². The number of fused-ring (bicyclic) bond motifs is 1. The first-order valence-corrected chi connectivity index (χ1v) is 4.52. The molecule has 0 saturated carbocycles. The van der Waals surface area contributed by atoms with Gasteiger partial charge in [0, 0.05) is 0 Å². The van der Waals surface area contributed by atoms with Crippen molar-refractivity contribution in [3.8, 4) is 0 Å². The molecule has 82 valence electrons. The topological polar surface area (TPSA) is 68.2 Å². The van der Waals surface area contributed by atoms with Crippen LogP contribution in [0.25, 0.3) is 0 Å². The fourth-order valence-corrected chi connectivity index (χ4v) is 1.69. The highest BCUT2D eigenvalue weighted by Gasteiger charge is 2.48. The van der Waals surface area contributed by atoms with Crippen molar-refractivity contribution < 1.29 is 28.8 Å². The predicted molar refractivity (Wildman–Crippen MR) is 42.1 cm³/mol. The lowest BCUT2D eigenvalue weighted by molar-refractivity contribution is -0.340. The van der Waals surface area contributed by atoms with Gasteiger partial charge in [-0.2, -0.15) is 0 Å². The normalized spacial score (nSPS) is 54.0. The summed E-state index contributed by atoms with van der Waals surface area (Å²) < 4.78 is 28.3. The molecule has 5 nitrogen and oxygen atoms in total. The average molecular weight is 208 g/mol. The summed E-state index contributed by atoms with van der Waals surface area (Å²) in [6.45, 7) is 1.84. The third-order valence-corrected chi connectivity index (χ3v) is 2.46. The van der Waals surface area contributed by atoms with E-state index >= 15 is 0 Å². The molecule has 0 amide bonds. The van der Waals surface area contributed by atoms with Crippen LogP contribution < -0.4 is 0 Å². The zero-order valence-corrected chi connectivity index (χ0v) is 7.67. The molecule has 0 aromatic rings. The maximum atomic E-state index is 13.1. The van der Waals surface area contributed by atoms with Crippen LogP contribution in [0.5, 0.6) is 0 Å². The van der Waals surface area contributed by atoms with Crippen LogP contribution >= 0.6 is 0 Å². The van der Waals surface area contributed by atoms with Gasteiger partial charge in [0.05, 0.1) is 6.61 Å². The van der Waals surface area contributed by atoms with Gasteiger partial charge in [0.15, 0.2) is 18.8 Å². The van der Waals surface area contributed by atoms with Crippen LogP contribution in [0, 0.1) is 0 Å². The first kappa shape index (κ1) is 10.3. The molecule has 0 aromatic heterocycles. The zero-order chi connectivity index (χ0) is 10.3. The number of hydrogen-bond acceptors (Lipinski definition) is 5. The Bertz CT molecular complexity index is 212. The van der Waals surface area contributed by atoms with Crippen LogP contribution in [0.3, 0.4) is 0 Å². The molecule has 1 unspecified atom stereocenters. The minimum Gasteiger partial charge on any atom is -0.387 e. The molecule has 6 heteroatoms. The van der Waals surface area contributed by atoms with E-state index in [0.29, 0.717) is 0 Å². The molecule has 0 spiro atoms. The second-order valence-electron chi connectivity index (χ2n) is 3.50. The van der Waals surface area contributed by atoms with E-state index in [1.165, 1.54) is 0 Å². The summed E-state index contributed by atoms with van der Waals surface area (Å²) >= 11 is 0. The molecule has 2 aliphatic rings. The van der Waals surface area contributed by atoms with Gasteiger partial charge >= 0.3 is 0 Å². The number of aliphatic hydroxyl groups is 2. The summed E-state index contributed by atoms with van der Waals surface area (Å²) in [6, 6.07) is 0. The Hall–Kier alpha value is -0.270. The van der Waals surface area contributed by atoms with Crippen LogP contribution in [0.4, 0.5) is 4.39 Å². The Morgan fingerprint density at radius 1 is 1.29 bits per heavy atom. The largest absolute Gasteiger partial charge is 0.387 e. The van der Waals surface area contributed by atoms with Crippen molar-refractivity contribution in [2.75, 3.05) is 6.61 Å². The van der Waals surface area contributed by atoms with E-state index in [-0.39, 0.29) is 6.61 Å². The lowest BCUT2D eigenvalue weighted by Crippen LogP contribution is -2.61. The smallest absolute Gasteiger partial charge is 0.189 e. The summed E-state index contributed by atoms with van der Waals surface area (Å²) in [6.07, 6.45) is -6.67. The molecule has 0 bridgehead atoms. The molecule has 0 aliphatic carbocycles. The van der Waals surface area contributed by atoms with Gasteiger partial charge in [0.25, 0.3) is 0 Å². The number of hydrogen-bond donors (Lipinski definition) is 2. The van der Waals surface area contributed by atoms with E-state index in [9.17, 15) is 9.50 Å². The standard InChI is InChI=1S/C8H13FO5/c1-3-12-2-4-7(13-3)6(10)5(9)8(11)14-4/h3-8,10-11H,2H2,1H3/t3?,4-,5+,6+,7-,8+/m1/s1. The quantitative estimate of drug-likeness (QED) is 0.543. The van der Waals surface area contributed by atoms with Gasteiger partial charge in [-0.15, -0.1) is 0 Å². The number of ether oxygens (including phenoxy) is 3. The number of halogens is 1. The Kier molecular flexibility index (Phi) is 2.72. The minimum atomic E-state index is -1.83. The predicted octanol–water partition coefficient (Wildman–Crippen LogP) is -0.836. The third-order valence-electron chi connectivity index (χ3n) is 2.46. The van der Waals surface area contributed by atoms with Gasteiger partial charge in [-0.1, -0.05) is 0 Å². The lowest BCUT2D eigenvalue weighted by atomic mass is 9.99. The molecular weight excluding hydrogens is 195 g/mol. The Morgan fingerprint density at radius 2 is 2.00 bits per heavy atom. The summed E-state index contributed by atoms with van der Waals surface area (Å²) in [4.78, 5) is 0. The molecule has 6 atom stereocenters. The summed E-state index contributed by atoms with van der Waals surface area (Å²) in [7, 11) is 0. The molecule has 2 N–H and O–H groups in total. The van der Waals surface area contributed by atoms with Crippen LogP contribution in [0.15, 0.2) is 0 Å². The fourth-order valence-electron chi connectivity index (χ4n) is 1.69. The molecule has 2 rings (SSSR count). The average Bonchev–Trinajstić information content (AvgIpc) is 2.16. The van der Waals surface area contributed by atoms with E-state index < -0.39 is 37.1 Å². The van der Waals surface area contributed by atoms with Crippen molar-refractivity contribution in [1.29, 1.82) is 0 Å². The van der Waals surface area contributed by atoms with Crippen LogP contribution in [0.1, 0.15) is 6.92 Å². The van der Waals surface area contributed by atoms with E-state index in [1.54, 1.807) is 6.92 Å². The van der Waals surface area contributed by atoms with Crippen LogP contribution in [0.2, 0.25) is 0 Å². The second kappa shape index (κ2) is 3.71. The Balaban J connectivity index is 2.08. The van der Waals surface area contributed by atoms with Crippen LogP contribution in [-0.2, 0) is 14.2 Å². The van der Waals surface area contributed by atoms with Gasteiger partial charge in [-0.25, -0.2) is 4.39 Å². The van der Waals surface area contributed by atoms with E-state index in [2.05, 4.69) is 0 Å². The molecule has 2 heterocycles. The minimum absolute atomic E-state index is 0.187. The molecule has 2 aliphatic heterocycles. The van der Waals surface area contributed by atoms with Gasteiger partial charge in [-0.05, 0) is 6.92 Å². The number of aliphatic hydroxyl groups excluding tert-OH is 2. The first-order chi connectivity index (χ1) is 6.59. The van der Waals surface area contributed by atoms with E-state index in [4.69, 9.17) is 19.3 Å². The summed E-state index contributed by atoms with van der Waals surface area (Å²) in [5, 5.41) is 18.6. The van der Waals surface area contributed by atoms with Crippen molar-refractivity contribution in [2.45, 2.75) is 44.0 Å². The molecule has 2 saturated heterocycles. The maximum Gasteiger partial charge on any atom is 0.189 e. The highest BCUT2D eigenvalue weighted by molar-refractivity contribution is 4.91. The van der Waals surface area contributed by atoms with Crippen molar-refractivity contribution in [3.63, 3.8) is 0 Å². The number of rotatable bonds is 0. The van der Waals surface area contributed by atoms with Gasteiger partial charge in [0.2, 0.25) is 0 Å². The first-order valence-electron chi connectivity index (χ1n) is 4.52. The Labute approximate surface area is 80.4 Å². The van der Waals surface area contributed by atoms with Gasteiger partial charge in [0.1, 0.15) is 18.3 Å². The fraction of sp³-hybridized carbons (Fsp3) is 1.00. The van der Waals surface area contributed by atoms with E-state index in [0.717, 1.165) is 0 Å². The van der Waals surface area contributed by atoms with Crippen molar-refractivity contribution in [1.82, 2.24) is 0 Å². The molecule has 0 radical (unpaired) electrons. The lowest BCUT2D eigenvalue weighted by Gasteiger charge is -2.43. The molecule has 2 fully saturated rings. The molecule has 0 aromatic carbocycles. The van der Waals surface area contributed by atoms with Gasteiger partial charge < -0.3 is 24.4 Å². The SMILES string of the molecule is CC1OC[C@H]2O[C@H](O)[C@@H](F)[C@H](O)[C@@H]2O1. The highest BCUT2D eigenvalue weighted by Crippen LogP contribution is 2.28. The maximum absolute atomic E-state index is 13.1. The van der Waals surface area contributed by atoms with Crippen molar-refractivity contribution in [3.05, 3.63) is 0 Å². The highest BCUT2D eigenvalue weighted by atomic mass is 19.1. The zero-order valence-electron chi connectivity index (χ0n) is 7.67. The van der Waals surface area contributed by atoms with E-state index in [1.807, 2.05) is 0 Å². The van der Waals surface area contributed by atoms with Crippen molar-refractivity contribution in [2.24, 2.45) is 0 Å². The summed E-state index contributed by atoms with van der Waals surface area (Å²) in [5.74, 6) is 0. The van der Waals surface area contributed by atoms with Crippen molar-refractivity contribution >= 4 is 0 Å². The molecule has 14 heavy (non-hydrogen) atoms. The summed E-state index contributed by atoms with van der Waals surface area (Å²) in [5.41, 5.74) is 0. The van der Waals surface area contributed by atoms with Crippen LogP contribution in [-0.4, -0.2) is 53.9 Å².